The van der Waals surface area contributed by atoms with Crippen molar-refractivity contribution in [2.75, 3.05) is 19.7 Å². The predicted octanol–water partition coefficient (Wildman–Crippen LogP) is 2.45. The van der Waals surface area contributed by atoms with E-state index in [9.17, 15) is 8.42 Å². The van der Waals surface area contributed by atoms with E-state index in [2.05, 4.69) is 0 Å². The van der Waals surface area contributed by atoms with Crippen LogP contribution in [-0.4, -0.2) is 38.0 Å². The SMILES string of the molecule is Cc1ccc(Cl)cc1S(=O)(=O)N1CCOC(C)(C)C1. The molecule has 0 aromatic heterocycles. The van der Waals surface area contributed by atoms with Crippen LogP contribution in [0.3, 0.4) is 0 Å². The second-order valence-electron chi connectivity index (χ2n) is 5.36. The number of hydrogen-bond acceptors (Lipinski definition) is 3. The van der Waals surface area contributed by atoms with Crippen LogP contribution in [0.25, 0.3) is 0 Å². The Morgan fingerprint density at radius 3 is 2.68 bits per heavy atom. The molecule has 1 aromatic carbocycles. The average molecular weight is 304 g/mol. The maximum atomic E-state index is 12.7. The highest BCUT2D eigenvalue weighted by Crippen LogP contribution is 2.27. The highest BCUT2D eigenvalue weighted by molar-refractivity contribution is 7.89. The van der Waals surface area contributed by atoms with Gasteiger partial charge in [-0.3, -0.25) is 0 Å². The van der Waals surface area contributed by atoms with Crippen molar-refractivity contribution in [3.05, 3.63) is 28.8 Å². The Labute approximate surface area is 119 Å². The number of benzene rings is 1. The molecule has 0 amide bonds. The van der Waals surface area contributed by atoms with Crippen molar-refractivity contribution in [2.45, 2.75) is 31.3 Å². The molecule has 1 aromatic rings. The lowest BCUT2D eigenvalue weighted by Gasteiger charge is -2.37. The Balaban J connectivity index is 2.39. The van der Waals surface area contributed by atoms with Crippen LogP contribution in [0.5, 0.6) is 0 Å². The molecule has 0 bridgehead atoms. The number of hydrogen-bond donors (Lipinski definition) is 0. The summed E-state index contributed by atoms with van der Waals surface area (Å²) in [4.78, 5) is 0.276. The van der Waals surface area contributed by atoms with Crippen molar-refractivity contribution < 1.29 is 13.2 Å². The molecule has 19 heavy (non-hydrogen) atoms. The average Bonchev–Trinajstić information content (AvgIpc) is 2.31. The molecule has 106 valence electrons. The van der Waals surface area contributed by atoms with Crippen molar-refractivity contribution in [1.29, 1.82) is 0 Å². The summed E-state index contributed by atoms with van der Waals surface area (Å²) in [7, 11) is -3.52. The Morgan fingerprint density at radius 1 is 1.37 bits per heavy atom. The van der Waals surface area contributed by atoms with Gasteiger partial charge >= 0.3 is 0 Å². The first-order chi connectivity index (χ1) is 8.72. The molecule has 2 rings (SSSR count). The molecule has 4 nitrogen and oxygen atoms in total. The fraction of sp³-hybridized carbons (Fsp3) is 0.538. The normalized spacial score (nSPS) is 20.4. The number of aryl methyl sites for hydroxylation is 1. The summed E-state index contributed by atoms with van der Waals surface area (Å²) in [5.41, 5.74) is 0.242. The van der Waals surface area contributed by atoms with Crippen molar-refractivity contribution >= 4 is 21.6 Å². The van der Waals surface area contributed by atoms with Gasteiger partial charge in [-0.15, -0.1) is 0 Å². The predicted molar refractivity (Wildman–Crippen MR) is 75.0 cm³/mol. The van der Waals surface area contributed by atoms with Gasteiger partial charge in [-0.2, -0.15) is 4.31 Å². The van der Waals surface area contributed by atoms with Crippen LogP contribution in [0.4, 0.5) is 0 Å². The molecule has 1 saturated heterocycles. The number of sulfonamides is 1. The maximum Gasteiger partial charge on any atom is 0.243 e. The van der Waals surface area contributed by atoms with Gasteiger partial charge in [-0.1, -0.05) is 17.7 Å². The van der Waals surface area contributed by atoms with Gasteiger partial charge in [0.25, 0.3) is 0 Å². The van der Waals surface area contributed by atoms with Crippen molar-refractivity contribution in [3.8, 4) is 0 Å². The van der Waals surface area contributed by atoms with E-state index >= 15 is 0 Å². The molecule has 0 atom stereocenters. The molecule has 0 radical (unpaired) electrons. The third kappa shape index (κ3) is 3.11. The zero-order valence-electron chi connectivity index (χ0n) is 11.3. The molecule has 1 aliphatic rings. The van der Waals surface area contributed by atoms with E-state index in [1.165, 1.54) is 10.4 Å². The van der Waals surface area contributed by atoms with E-state index in [0.717, 1.165) is 0 Å². The topological polar surface area (TPSA) is 46.6 Å². The molecule has 0 unspecified atom stereocenters. The number of morpholine rings is 1. The van der Waals surface area contributed by atoms with E-state index in [1.54, 1.807) is 19.1 Å². The van der Waals surface area contributed by atoms with Crippen LogP contribution in [0.1, 0.15) is 19.4 Å². The highest BCUT2D eigenvalue weighted by Gasteiger charge is 2.35. The lowest BCUT2D eigenvalue weighted by molar-refractivity contribution is -0.0640. The lowest BCUT2D eigenvalue weighted by Crippen LogP contribution is -2.50. The Morgan fingerprint density at radius 2 is 2.05 bits per heavy atom. The monoisotopic (exact) mass is 303 g/mol. The van der Waals surface area contributed by atoms with E-state index in [4.69, 9.17) is 16.3 Å². The van der Waals surface area contributed by atoms with Crippen LogP contribution >= 0.6 is 11.6 Å². The first kappa shape index (κ1) is 14.8. The molecule has 0 spiro atoms. The first-order valence-corrected chi connectivity index (χ1v) is 7.94. The fourth-order valence-electron chi connectivity index (χ4n) is 2.17. The summed E-state index contributed by atoms with van der Waals surface area (Å²) in [5, 5.41) is 0.427. The summed E-state index contributed by atoms with van der Waals surface area (Å²) in [6, 6.07) is 4.93. The van der Waals surface area contributed by atoms with Crippen LogP contribution in [0.15, 0.2) is 23.1 Å². The smallest absolute Gasteiger partial charge is 0.243 e. The zero-order valence-corrected chi connectivity index (χ0v) is 12.9. The summed E-state index contributed by atoms with van der Waals surface area (Å²) in [6.07, 6.45) is 0. The second kappa shape index (κ2) is 5.05. The van der Waals surface area contributed by atoms with Gasteiger partial charge < -0.3 is 4.74 Å². The minimum atomic E-state index is -3.52. The van der Waals surface area contributed by atoms with Gasteiger partial charge in [0.1, 0.15) is 0 Å². The molecule has 1 heterocycles. The molecule has 0 N–H and O–H groups in total. The van der Waals surface area contributed by atoms with Gasteiger partial charge in [0.05, 0.1) is 17.1 Å². The molecule has 6 heteroatoms. The Bertz CT molecular complexity index is 584. The lowest BCUT2D eigenvalue weighted by atomic mass is 10.1. The van der Waals surface area contributed by atoms with Gasteiger partial charge in [-0.25, -0.2) is 8.42 Å². The van der Waals surface area contributed by atoms with Crippen molar-refractivity contribution in [2.24, 2.45) is 0 Å². The summed E-state index contributed by atoms with van der Waals surface area (Å²) in [5.74, 6) is 0. The van der Waals surface area contributed by atoms with Gasteiger partial charge in [0, 0.05) is 18.1 Å². The third-order valence-electron chi connectivity index (χ3n) is 3.16. The molecule has 0 aliphatic carbocycles. The Kier molecular flexibility index (Phi) is 3.93. The summed E-state index contributed by atoms with van der Waals surface area (Å²) < 4.78 is 32.3. The molecule has 0 saturated carbocycles. The highest BCUT2D eigenvalue weighted by atomic mass is 35.5. The van der Waals surface area contributed by atoms with Gasteiger partial charge in [0.15, 0.2) is 0 Å². The van der Waals surface area contributed by atoms with E-state index in [1.807, 2.05) is 13.8 Å². The standard InChI is InChI=1S/C13H18ClNO3S/c1-10-4-5-11(14)8-12(10)19(16,17)15-6-7-18-13(2,3)9-15/h4-5,8H,6-7,9H2,1-3H3. The van der Waals surface area contributed by atoms with Crippen LogP contribution < -0.4 is 0 Å². The number of halogens is 1. The number of ether oxygens (including phenoxy) is 1. The van der Waals surface area contributed by atoms with Crippen molar-refractivity contribution in [1.82, 2.24) is 4.31 Å². The van der Waals surface area contributed by atoms with Crippen molar-refractivity contribution in [3.63, 3.8) is 0 Å². The molecule has 1 aliphatic heterocycles. The molecular weight excluding hydrogens is 286 g/mol. The molecule has 1 fully saturated rings. The fourth-order valence-corrected chi connectivity index (χ4v) is 4.23. The van der Waals surface area contributed by atoms with E-state index < -0.39 is 15.6 Å². The maximum absolute atomic E-state index is 12.7. The van der Waals surface area contributed by atoms with E-state index in [0.29, 0.717) is 30.3 Å². The van der Waals surface area contributed by atoms with Crippen LogP contribution in [-0.2, 0) is 14.8 Å². The summed E-state index contributed by atoms with van der Waals surface area (Å²) in [6.45, 7) is 6.68. The second-order valence-corrected chi connectivity index (χ2v) is 7.70. The number of rotatable bonds is 2. The summed E-state index contributed by atoms with van der Waals surface area (Å²) >= 11 is 5.91. The van der Waals surface area contributed by atoms with Gasteiger partial charge in [0.2, 0.25) is 10.0 Å². The van der Waals surface area contributed by atoms with Crippen LogP contribution in [0.2, 0.25) is 5.02 Å². The first-order valence-electron chi connectivity index (χ1n) is 6.13. The number of nitrogens with zero attached hydrogens (tertiary/aromatic N) is 1. The zero-order chi connectivity index (χ0) is 14.3. The van der Waals surface area contributed by atoms with Gasteiger partial charge in [-0.05, 0) is 38.5 Å². The molecular formula is C13H18ClNO3S. The minimum Gasteiger partial charge on any atom is -0.373 e. The largest absolute Gasteiger partial charge is 0.373 e. The van der Waals surface area contributed by atoms with E-state index in [-0.39, 0.29) is 4.90 Å². The van der Waals surface area contributed by atoms with Crippen LogP contribution in [0, 0.1) is 6.92 Å². The third-order valence-corrected chi connectivity index (χ3v) is 5.38. The minimum absolute atomic E-state index is 0.276. The quantitative estimate of drug-likeness (QED) is 0.843. The Hall–Kier alpha value is -0.620.